The molecule has 0 unspecified atom stereocenters. The number of nitrogens with zero attached hydrogens (tertiary/aromatic N) is 4. The quantitative estimate of drug-likeness (QED) is 0.623. The lowest BCUT2D eigenvalue weighted by atomic mass is 10.2. The highest BCUT2D eigenvalue weighted by Gasteiger charge is 2.30. The average Bonchev–Trinajstić information content (AvgIpc) is 2.68. The Labute approximate surface area is 160 Å². The number of nitrogens with one attached hydrogen (secondary N) is 1. The van der Waals surface area contributed by atoms with Gasteiger partial charge in [0.25, 0.3) is 0 Å². The minimum absolute atomic E-state index is 0.488. The predicted octanol–water partition coefficient (Wildman–Crippen LogP) is 3.38. The maximum atomic E-state index is 12.7. The van der Waals surface area contributed by atoms with Gasteiger partial charge in [-0.3, -0.25) is 4.79 Å². The Hall–Kier alpha value is -3.10. The summed E-state index contributed by atoms with van der Waals surface area (Å²) in [6, 6.07) is 4.80. The second kappa shape index (κ2) is 8.28. The Morgan fingerprint density at radius 1 is 1.11 bits per heavy atom. The third-order valence-corrected chi connectivity index (χ3v) is 4.34. The molecule has 1 aromatic heterocycles. The van der Waals surface area contributed by atoms with E-state index in [1.165, 1.54) is 18.2 Å². The van der Waals surface area contributed by atoms with E-state index in [1.54, 1.807) is 12.4 Å². The van der Waals surface area contributed by atoms with E-state index in [0.29, 0.717) is 30.4 Å². The fourth-order valence-electron chi connectivity index (χ4n) is 2.89. The summed E-state index contributed by atoms with van der Waals surface area (Å²) in [5.41, 5.74) is 0.545. The molecule has 1 aliphatic rings. The Morgan fingerprint density at radius 2 is 1.79 bits per heavy atom. The number of allylic oxidation sites excluding steroid dienone is 1. The molecule has 1 aliphatic heterocycles. The van der Waals surface area contributed by atoms with Crippen LogP contribution in [0.5, 0.6) is 0 Å². The second-order valence-corrected chi connectivity index (χ2v) is 6.38. The molecule has 2 heterocycles. The van der Waals surface area contributed by atoms with Crippen LogP contribution in [0.4, 0.5) is 30.5 Å². The molecule has 1 fully saturated rings. The minimum atomic E-state index is -4.37. The van der Waals surface area contributed by atoms with Crippen LogP contribution < -0.4 is 10.2 Å². The SMILES string of the molecule is Cc1cnc(Nc2ccc(C(F)(F)F)cc2)c(N2CCN(C=CC=O)CC2)n1. The van der Waals surface area contributed by atoms with Crippen molar-refractivity contribution < 1.29 is 18.0 Å². The maximum absolute atomic E-state index is 12.7. The number of rotatable bonds is 5. The number of anilines is 3. The third-order valence-electron chi connectivity index (χ3n) is 4.34. The van der Waals surface area contributed by atoms with Gasteiger partial charge in [0.1, 0.15) is 6.29 Å². The number of aldehydes is 1. The molecule has 28 heavy (non-hydrogen) atoms. The summed E-state index contributed by atoms with van der Waals surface area (Å²) in [5, 5.41) is 3.06. The molecule has 3 rings (SSSR count). The average molecular weight is 391 g/mol. The van der Waals surface area contributed by atoms with Crippen LogP contribution in [0.3, 0.4) is 0 Å². The van der Waals surface area contributed by atoms with Gasteiger partial charge < -0.3 is 15.1 Å². The fourth-order valence-corrected chi connectivity index (χ4v) is 2.89. The van der Waals surface area contributed by atoms with Crippen LogP contribution in [0.2, 0.25) is 0 Å². The number of carbonyl (C=O) groups is 1. The fraction of sp³-hybridized carbons (Fsp3) is 0.316. The molecule has 1 aromatic carbocycles. The molecule has 1 N–H and O–H groups in total. The topological polar surface area (TPSA) is 61.4 Å². The molecule has 9 heteroatoms. The zero-order chi connectivity index (χ0) is 20.1. The number of alkyl halides is 3. The van der Waals surface area contributed by atoms with E-state index in [9.17, 15) is 18.0 Å². The Kier molecular flexibility index (Phi) is 5.81. The molecule has 0 spiro atoms. The van der Waals surface area contributed by atoms with Crippen molar-refractivity contribution in [3.05, 3.63) is 54.0 Å². The first kappa shape index (κ1) is 19.7. The largest absolute Gasteiger partial charge is 0.416 e. The van der Waals surface area contributed by atoms with Crippen LogP contribution in [-0.2, 0) is 11.0 Å². The van der Waals surface area contributed by atoms with E-state index in [1.807, 2.05) is 11.8 Å². The molecule has 0 amide bonds. The number of halogens is 3. The van der Waals surface area contributed by atoms with Gasteiger partial charge in [-0.1, -0.05) is 0 Å². The molecule has 0 radical (unpaired) electrons. The van der Waals surface area contributed by atoms with E-state index in [2.05, 4.69) is 20.2 Å². The van der Waals surface area contributed by atoms with Gasteiger partial charge in [-0.05, 0) is 37.3 Å². The summed E-state index contributed by atoms with van der Waals surface area (Å²) in [6.45, 7) is 4.65. The van der Waals surface area contributed by atoms with Crippen molar-refractivity contribution >= 4 is 23.6 Å². The van der Waals surface area contributed by atoms with Crippen molar-refractivity contribution in [3.8, 4) is 0 Å². The van der Waals surface area contributed by atoms with E-state index in [-0.39, 0.29) is 0 Å². The van der Waals surface area contributed by atoms with Gasteiger partial charge in [0.05, 0.1) is 17.5 Å². The van der Waals surface area contributed by atoms with Crippen LogP contribution in [-0.4, -0.2) is 47.3 Å². The number of carbonyl (C=O) groups excluding carboxylic acids is 1. The number of piperazine rings is 1. The predicted molar refractivity (Wildman–Crippen MR) is 100 cm³/mol. The van der Waals surface area contributed by atoms with E-state index in [4.69, 9.17) is 0 Å². The van der Waals surface area contributed by atoms with Crippen molar-refractivity contribution in [2.75, 3.05) is 36.4 Å². The van der Waals surface area contributed by atoms with Gasteiger partial charge in [-0.25, -0.2) is 9.97 Å². The highest BCUT2D eigenvalue weighted by atomic mass is 19.4. The van der Waals surface area contributed by atoms with Crippen LogP contribution in [0, 0.1) is 6.92 Å². The number of benzene rings is 1. The van der Waals surface area contributed by atoms with Gasteiger partial charge in [0.2, 0.25) is 0 Å². The maximum Gasteiger partial charge on any atom is 0.416 e. The number of hydrogen-bond donors (Lipinski definition) is 1. The lowest BCUT2D eigenvalue weighted by Crippen LogP contribution is -2.44. The van der Waals surface area contributed by atoms with E-state index < -0.39 is 11.7 Å². The molecular formula is C19H20F3N5O. The molecular weight excluding hydrogens is 371 g/mol. The van der Waals surface area contributed by atoms with Crippen molar-refractivity contribution in [2.24, 2.45) is 0 Å². The number of aromatic nitrogens is 2. The second-order valence-electron chi connectivity index (χ2n) is 6.38. The zero-order valence-electron chi connectivity index (χ0n) is 15.3. The third kappa shape index (κ3) is 4.79. The van der Waals surface area contributed by atoms with Crippen molar-refractivity contribution in [2.45, 2.75) is 13.1 Å². The smallest absolute Gasteiger partial charge is 0.374 e. The van der Waals surface area contributed by atoms with Crippen LogP contribution in [0.15, 0.2) is 42.7 Å². The summed E-state index contributed by atoms with van der Waals surface area (Å²) in [5.74, 6) is 1.14. The minimum Gasteiger partial charge on any atom is -0.374 e. The first-order valence-electron chi connectivity index (χ1n) is 8.76. The summed E-state index contributed by atoms with van der Waals surface area (Å²) < 4.78 is 38.2. The zero-order valence-corrected chi connectivity index (χ0v) is 15.3. The monoisotopic (exact) mass is 391 g/mol. The van der Waals surface area contributed by atoms with Gasteiger partial charge in [-0.15, -0.1) is 0 Å². The highest BCUT2D eigenvalue weighted by molar-refractivity contribution is 5.69. The van der Waals surface area contributed by atoms with E-state index >= 15 is 0 Å². The van der Waals surface area contributed by atoms with Gasteiger partial charge in [0.15, 0.2) is 11.6 Å². The first-order valence-corrected chi connectivity index (χ1v) is 8.76. The van der Waals surface area contributed by atoms with Gasteiger partial charge in [0, 0.05) is 38.1 Å². The molecule has 0 atom stereocenters. The lowest BCUT2D eigenvalue weighted by molar-refractivity contribution is -0.137. The van der Waals surface area contributed by atoms with Crippen LogP contribution in [0.25, 0.3) is 0 Å². The van der Waals surface area contributed by atoms with Crippen molar-refractivity contribution in [1.82, 2.24) is 14.9 Å². The summed E-state index contributed by atoms with van der Waals surface area (Å²) in [7, 11) is 0. The molecule has 148 valence electrons. The highest BCUT2D eigenvalue weighted by Crippen LogP contribution is 2.31. The van der Waals surface area contributed by atoms with Crippen molar-refractivity contribution in [1.29, 1.82) is 0 Å². The van der Waals surface area contributed by atoms with E-state index in [0.717, 1.165) is 37.2 Å². The Balaban J connectivity index is 1.76. The molecule has 0 bridgehead atoms. The molecule has 0 aliphatic carbocycles. The Bertz CT molecular complexity index is 844. The normalized spacial score (nSPS) is 15.1. The summed E-state index contributed by atoms with van der Waals surface area (Å²) >= 11 is 0. The van der Waals surface area contributed by atoms with Crippen LogP contribution in [0.1, 0.15) is 11.3 Å². The summed E-state index contributed by atoms with van der Waals surface area (Å²) in [6.07, 6.45) is 1.20. The van der Waals surface area contributed by atoms with Gasteiger partial charge >= 0.3 is 6.18 Å². The molecule has 2 aromatic rings. The summed E-state index contributed by atoms with van der Waals surface area (Å²) in [4.78, 5) is 23.5. The molecule has 6 nitrogen and oxygen atoms in total. The number of hydrogen-bond acceptors (Lipinski definition) is 6. The number of aryl methyl sites for hydroxylation is 1. The lowest BCUT2D eigenvalue weighted by Gasteiger charge is -2.35. The molecule has 0 saturated carbocycles. The molecule has 1 saturated heterocycles. The van der Waals surface area contributed by atoms with Crippen LogP contribution >= 0.6 is 0 Å². The Morgan fingerprint density at radius 3 is 2.39 bits per heavy atom. The standard InChI is InChI=1S/C19H20F3N5O/c1-14-13-23-17(25-16-5-3-15(4-6-16)19(20,21)22)18(24-14)27-10-8-26(9-11-27)7-2-12-28/h2-7,12-13H,8-11H2,1H3,(H,23,25). The first-order chi connectivity index (χ1) is 13.4. The van der Waals surface area contributed by atoms with Crippen molar-refractivity contribution in [3.63, 3.8) is 0 Å². The van der Waals surface area contributed by atoms with Gasteiger partial charge in [-0.2, -0.15) is 13.2 Å².